The maximum Gasteiger partial charge on any atom is 0.337 e. The Balaban J connectivity index is 1.40. The fourth-order valence-corrected chi connectivity index (χ4v) is 4.07. The highest BCUT2D eigenvalue weighted by atomic mass is 16.6. The molecular formula is C30H27N3O3. The molecule has 2 aromatic heterocycles. The molecule has 0 fully saturated rings. The second-order valence-electron chi connectivity index (χ2n) is 8.48. The van der Waals surface area contributed by atoms with Crippen molar-refractivity contribution in [2.24, 2.45) is 0 Å². The molecule has 0 spiro atoms. The van der Waals surface area contributed by atoms with Crippen LogP contribution in [-0.4, -0.2) is 22.0 Å². The van der Waals surface area contributed by atoms with Crippen LogP contribution in [0.25, 0.3) is 16.9 Å². The first-order valence-corrected chi connectivity index (χ1v) is 11.9. The smallest absolute Gasteiger partial charge is 0.337 e. The SMILES string of the molecule is Cc1cccn2c(NCc3ccccc3)c(-c3ccccc3OC(=O)COCc3ccccc3)nc12. The lowest BCUT2D eigenvalue weighted by atomic mass is 10.1. The third-order valence-electron chi connectivity index (χ3n) is 5.85. The highest BCUT2D eigenvalue weighted by Crippen LogP contribution is 2.36. The van der Waals surface area contributed by atoms with Gasteiger partial charge in [-0.25, -0.2) is 9.78 Å². The summed E-state index contributed by atoms with van der Waals surface area (Å²) in [5.41, 5.74) is 5.49. The van der Waals surface area contributed by atoms with Gasteiger partial charge in [0.15, 0.2) is 0 Å². The predicted molar refractivity (Wildman–Crippen MR) is 141 cm³/mol. The molecule has 0 saturated heterocycles. The number of nitrogens with zero attached hydrogens (tertiary/aromatic N) is 2. The van der Waals surface area contributed by atoms with Crippen LogP contribution in [0, 0.1) is 6.92 Å². The zero-order valence-electron chi connectivity index (χ0n) is 20.1. The molecule has 2 heterocycles. The minimum absolute atomic E-state index is 0.146. The largest absolute Gasteiger partial charge is 0.424 e. The highest BCUT2D eigenvalue weighted by molar-refractivity contribution is 5.83. The van der Waals surface area contributed by atoms with Crippen LogP contribution >= 0.6 is 0 Å². The van der Waals surface area contributed by atoms with Gasteiger partial charge in [0.1, 0.15) is 29.5 Å². The number of ether oxygens (including phenoxy) is 2. The molecule has 36 heavy (non-hydrogen) atoms. The standard InChI is InChI=1S/C30H27N3O3/c1-22-11-10-18-33-29(22)32-28(30(33)31-19-23-12-4-2-5-13-23)25-16-8-9-17-26(25)36-27(34)21-35-20-24-14-6-3-7-15-24/h2-18,31H,19-21H2,1H3. The van der Waals surface area contributed by atoms with Crippen molar-refractivity contribution in [2.75, 3.05) is 11.9 Å². The Morgan fingerprint density at radius 1 is 0.861 bits per heavy atom. The zero-order valence-corrected chi connectivity index (χ0v) is 20.1. The predicted octanol–water partition coefficient (Wildman–Crippen LogP) is 6.04. The van der Waals surface area contributed by atoms with Crippen molar-refractivity contribution in [3.8, 4) is 17.0 Å². The minimum atomic E-state index is -0.461. The fourth-order valence-electron chi connectivity index (χ4n) is 4.07. The van der Waals surface area contributed by atoms with Crippen molar-refractivity contribution in [1.82, 2.24) is 9.38 Å². The number of aromatic nitrogens is 2. The molecule has 5 aromatic rings. The number of hydrogen-bond acceptors (Lipinski definition) is 5. The van der Waals surface area contributed by atoms with Crippen LogP contribution in [0.2, 0.25) is 0 Å². The molecule has 0 radical (unpaired) electrons. The second kappa shape index (κ2) is 10.9. The lowest BCUT2D eigenvalue weighted by Crippen LogP contribution is -2.16. The van der Waals surface area contributed by atoms with Gasteiger partial charge in [-0.05, 0) is 41.8 Å². The maximum absolute atomic E-state index is 12.6. The van der Waals surface area contributed by atoms with E-state index in [1.165, 1.54) is 0 Å². The quantitative estimate of drug-likeness (QED) is 0.207. The molecule has 0 bridgehead atoms. The van der Waals surface area contributed by atoms with Crippen LogP contribution in [0.3, 0.4) is 0 Å². The van der Waals surface area contributed by atoms with E-state index < -0.39 is 5.97 Å². The number of nitrogens with one attached hydrogen (secondary N) is 1. The Bertz CT molecular complexity index is 1460. The molecule has 0 aliphatic heterocycles. The first-order chi connectivity index (χ1) is 17.7. The van der Waals surface area contributed by atoms with E-state index in [2.05, 4.69) is 17.4 Å². The van der Waals surface area contributed by atoms with Crippen LogP contribution in [0.15, 0.2) is 103 Å². The van der Waals surface area contributed by atoms with Gasteiger partial charge in [0.2, 0.25) is 0 Å². The Morgan fingerprint density at radius 2 is 1.56 bits per heavy atom. The van der Waals surface area contributed by atoms with Crippen LogP contribution in [0.5, 0.6) is 5.75 Å². The van der Waals surface area contributed by atoms with E-state index in [-0.39, 0.29) is 6.61 Å². The number of benzene rings is 3. The summed E-state index contributed by atoms with van der Waals surface area (Å²) in [6.45, 7) is 2.86. The number of carbonyl (C=O) groups excluding carboxylic acids is 1. The molecule has 0 saturated carbocycles. The van der Waals surface area contributed by atoms with Gasteiger partial charge in [-0.1, -0.05) is 78.9 Å². The van der Waals surface area contributed by atoms with Gasteiger partial charge < -0.3 is 14.8 Å². The lowest BCUT2D eigenvalue weighted by Gasteiger charge is -2.12. The zero-order chi connectivity index (χ0) is 24.7. The Labute approximate surface area is 210 Å². The summed E-state index contributed by atoms with van der Waals surface area (Å²) in [5.74, 6) is 0.813. The van der Waals surface area contributed by atoms with Gasteiger partial charge >= 0.3 is 5.97 Å². The summed E-state index contributed by atoms with van der Waals surface area (Å²) in [5, 5.41) is 3.55. The van der Waals surface area contributed by atoms with Crippen molar-refractivity contribution in [3.05, 3.63) is 120 Å². The van der Waals surface area contributed by atoms with Gasteiger partial charge in [0.25, 0.3) is 0 Å². The Morgan fingerprint density at radius 3 is 2.33 bits per heavy atom. The Kier molecular flexibility index (Phi) is 7.05. The minimum Gasteiger partial charge on any atom is -0.424 e. The normalized spacial score (nSPS) is 10.9. The molecule has 0 unspecified atom stereocenters. The van der Waals surface area contributed by atoms with Crippen molar-refractivity contribution in [3.63, 3.8) is 0 Å². The van der Waals surface area contributed by atoms with Crippen LogP contribution in [-0.2, 0) is 22.7 Å². The third-order valence-corrected chi connectivity index (χ3v) is 5.85. The third kappa shape index (κ3) is 5.29. The number of fused-ring (bicyclic) bond motifs is 1. The number of esters is 1. The van der Waals surface area contributed by atoms with Gasteiger partial charge in [-0.2, -0.15) is 0 Å². The summed E-state index contributed by atoms with van der Waals surface area (Å²) < 4.78 is 13.3. The van der Waals surface area contributed by atoms with Gasteiger partial charge in [-0.3, -0.25) is 4.40 Å². The summed E-state index contributed by atoms with van der Waals surface area (Å²) in [6.07, 6.45) is 1.98. The van der Waals surface area contributed by atoms with Crippen LogP contribution in [0.4, 0.5) is 5.82 Å². The summed E-state index contributed by atoms with van der Waals surface area (Å²) in [6, 6.07) is 31.4. The molecule has 1 N–H and O–H groups in total. The molecular weight excluding hydrogens is 450 g/mol. The van der Waals surface area contributed by atoms with E-state index in [9.17, 15) is 4.79 Å². The van der Waals surface area contributed by atoms with E-state index in [0.29, 0.717) is 24.6 Å². The summed E-state index contributed by atoms with van der Waals surface area (Å²) in [4.78, 5) is 17.6. The van der Waals surface area contributed by atoms with Gasteiger partial charge in [-0.15, -0.1) is 0 Å². The second-order valence-corrected chi connectivity index (χ2v) is 8.48. The number of pyridine rings is 1. The highest BCUT2D eigenvalue weighted by Gasteiger charge is 2.20. The molecule has 5 rings (SSSR count). The molecule has 180 valence electrons. The van der Waals surface area contributed by atoms with E-state index in [4.69, 9.17) is 14.5 Å². The number of hydrogen-bond donors (Lipinski definition) is 1. The number of imidazole rings is 1. The van der Waals surface area contributed by atoms with E-state index in [0.717, 1.165) is 33.7 Å². The van der Waals surface area contributed by atoms with Crippen molar-refractivity contribution >= 4 is 17.4 Å². The first-order valence-electron chi connectivity index (χ1n) is 11.9. The lowest BCUT2D eigenvalue weighted by molar-refractivity contribution is -0.139. The summed E-state index contributed by atoms with van der Waals surface area (Å²) >= 11 is 0. The summed E-state index contributed by atoms with van der Waals surface area (Å²) in [7, 11) is 0. The van der Waals surface area contributed by atoms with Crippen molar-refractivity contribution < 1.29 is 14.3 Å². The van der Waals surface area contributed by atoms with Crippen LogP contribution < -0.4 is 10.1 Å². The number of anilines is 1. The number of aryl methyl sites for hydroxylation is 1. The molecule has 6 heteroatoms. The number of carbonyl (C=O) groups is 1. The number of para-hydroxylation sites is 1. The topological polar surface area (TPSA) is 64.9 Å². The van der Waals surface area contributed by atoms with Gasteiger partial charge in [0.05, 0.1) is 6.61 Å². The average Bonchev–Trinajstić information content (AvgIpc) is 3.28. The Hall–Kier alpha value is -4.42. The van der Waals surface area contributed by atoms with Gasteiger partial charge in [0, 0.05) is 18.3 Å². The maximum atomic E-state index is 12.6. The van der Waals surface area contributed by atoms with Crippen molar-refractivity contribution in [1.29, 1.82) is 0 Å². The van der Waals surface area contributed by atoms with E-state index in [1.54, 1.807) is 6.07 Å². The molecule has 0 aliphatic rings. The molecule has 0 aliphatic carbocycles. The average molecular weight is 478 g/mol. The number of rotatable bonds is 9. The van der Waals surface area contributed by atoms with E-state index >= 15 is 0 Å². The molecule has 0 amide bonds. The molecule has 3 aromatic carbocycles. The first kappa shape index (κ1) is 23.3. The van der Waals surface area contributed by atoms with Crippen molar-refractivity contribution in [2.45, 2.75) is 20.1 Å². The van der Waals surface area contributed by atoms with E-state index in [1.807, 2.05) is 96.4 Å². The molecule has 6 nitrogen and oxygen atoms in total. The monoisotopic (exact) mass is 477 g/mol. The molecule has 0 atom stereocenters. The van der Waals surface area contributed by atoms with Crippen LogP contribution in [0.1, 0.15) is 16.7 Å². The fraction of sp³-hybridized carbons (Fsp3) is 0.133.